The molecular formula is C23H25N3O5. The molecule has 0 atom stereocenters. The zero-order valence-corrected chi connectivity index (χ0v) is 17.2. The third-order valence-electron chi connectivity index (χ3n) is 5.28. The molecule has 0 aromatic heterocycles. The van der Waals surface area contributed by atoms with E-state index >= 15 is 0 Å². The Morgan fingerprint density at radius 2 is 1.81 bits per heavy atom. The summed E-state index contributed by atoms with van der Waals surface area (Å²) in [7, 11) is 0. The monoisotopic (exact) mass is 423 g/mol. The van der Waals surface area contributed by atoms with Gasteiger partial charge in [-0.05, 0) is 48.9 Å². The third-order valence-corrected chi connectivity index (χ3v) is 5.28. The number of hydrogen-bond acceptors (Lipinski definition) is 5. The van der Waals surface area contributed by atoms with Gasteiger partial charge in [-0.1, -0.05) is 6.07 Å². The van der Waals surface area contributed by atoms with Crippen LogP contribution < -0.4 is 15.0 Å². The molecule has 4 rings (SSSR count). The Morgan fingerprint density at radius 1 is 1.03 bits per heavy atom. The van der Waals surface area contributed by atoms with E-state index in [0.717, 1.165) is 18.7 Å². The SMILES string of the molecule is O=C(COc1ccc(N2CCCC2=O)cc1)Nc1cccc(C(=O)N2CCOCC2)c1. The standard InChI is InChI=1S/C23H25N3O5/c27-21(16-31-20-8-6-19(7-9-20)26-10-2-5-22(26)28)24-18-4-1-3-17(15-18)23(29)25-11-13-30-14-12-25/h1,3-4,6-9,15H,2,5,10-14,16H2,(H,24,27). The predicted molar refractivity (Wildman–Crippen MR) is 115 cm³/mol. The number of nitrogens with one attached hydrogen (secondary N) is 1. The number of benzene rings is 2. The van der Waals surface area contributed by atoms with Crippen molar-refractivity contribution in [3.63, 3.8) is 0 Å². The van der Waals surface area contributed by atoms with Crippen LogP contribution in [-0.4, -0.2) is 62.1 Å². The largest absolute Gasteiger partial charge is 0.484 e. The number of hydrogen-bond donors (Lipinski definition) is 1. The van der Waals surface area contributed by atoms with E-state index in [0.29, 0.717) is 49.7 Å². The first-order chi connectivity index (χ1) is 15.1. The van der Waals surface area contributed by atoms with E-state index in [1.54, 1.807) is 46.2 Å². The van der Waals surface area contributed by atoms with E-state index in [9.17, 15) is 14.4 Å². The van der Waals surface area contributed by atoms with Gasteiger partial charge in [-0.15, -0.1) is 0 Å². The summed E-state index contributed by atoms with van der Waals surface area (Å²) in [5.41, 5.74) is 1.89. The molecular weight excluding hydrogens is 398 g/mol. The first-order valence-corrected chi connectivity index (χ1v) is 10.4. The van der Waals surface area contributed by atoms with Gasteiger partial charge in [0.25, 0.3) is 11.8 Å². The highest BCUT2D eigenvalue weighted by Gasteiger charge is 2.21. The number of ether oxygens (including phenoxy) is 2. The Balaban J connectivity index is 1.30. The molecule has 0 radical (unpaired) electrons. The molecule has 0 unspecified atom stereocenters. The molecule has 2 heterocycles. The van der Waals surface area contributed by atoms with Crippen LogP contribution in [0.3, 0.4) is 0 Å². The number of nitrogens with zero attached hydrogens (tertiary/aromatic N) is 2. The average molecular weight is 423 g/mol. The third kappa shape index (κ3) is 5.21. The van der Waals surface area contributed by atoms with Gasteiger partial charge in [-0.2, -0.15) is 0 Å². The average Bonchev–Trinajstić information content (AvgIpc) is 3.24. The van der Waals surface area contributed by atoms with Crippen LogP contribution in [0.5, 0.6) is 5.75 Å². The van der Waals surface area contributed by atoms with Crippen molar-refractivity contribution in [2.24, 2.45) is 0 Å². The van der Waals surface area contributed by atoms with Crippen molar-refractivity contribution in [1.29, 1.82) is 0 Å². The molecule has 0 bridgehead atoms. The van der Waals surface area contributed by atoms with Gasteiger partial charge in [0.1, 0.15) is 5.75 Å². The summed E-state index contributed by atoms with van der Waals surface area (Å²) in [6, 6.07) is 14.0. The van der Waals surface area contributed by atoms with Crippen molar-refractivity contribution < 1.29 is 23.9 Å². The molecule has 8 nitrogen and oxygen atoms in total. The lowest BCUT2D eigenvalue weighted by Crippen LogP contribution is -2.40. The number of amides is 3. The van der Waals surface area contributed by atoms with Crippen LogP contribution >= 0.6 is 0 Å². The van der Waals surface area contributed by atoms with Gasteiger partial charge >= 0.3 is 0 Å². The summed E-state index contributed by atoms with van der Waals surface area (Å²) >= 11 is 0. The highest BCUT2D eigenvalue weighted by atomic mass is 16.5. The molecule has 3 amide bonds. The van der Waals surface area contributed by atoms with E-state index in [1.165, 1.54) is 0 Å². The highest BCUT2D eigenvalue weighted by molar-refractivity contribution is 5.97. The molecule has 2 aromatic rings. The van der Waals surface area contributed by atoms with E-state index in [4.69, 9.17) is 9.47 Å². The van der Waals surface area contributed by atoms with Crippen molar-refractivity contribution in [3.8, 4) is 5.75 Å². The number of carbonyl (C=O) groups is 3. The van der Waals surface area contributed by atoms with E-state index < -0.39 is 0 Å². The zero-order chi connectivity index (χ0) is 21.6. The lowest BCUT2D eigenvalue weighted by atomic mass is 10.1. The van der Waals surface area contributed by atoms with E-state index in [-0.39, 0.29) is 24.3 Å². The Labute approximate surface area is 180 Å². The van der Waals surface area contributed by atoms with Gasteiger partial charge < -0.3 is 24.6 Å². The first kappa shape index (κ1) is 20.9. The smallest absolute Gasteiger partial charge is 0.262 e. The lowest BCUT2D eigenvalue weighted by Gasteiger charge is -2.27. The Morgan fingerprint density at radius 3 is 2.52 bits per heavy atom. The van der Waals surface area contributed by atoms with Crippen LogP contribution in [0.4, 0.5) is 11.4 Å². The Bertz CT molecular complexity index is 954. The molecule has 2 aliphatic heterocycles. The second kappa shape index (κ2) is 9.61. The number of anilines is 2. The molecule has 2 saturated heterocycles. The summed E-state index contributed by atoms with van der Waals surface area (Å²) in [4.78, 5) is 40.2. The molecule has 162 valence electrons. The maximum Gasteiger partial charge on any atom is 0.262 e. The van der Waals surface area contributed by atoms with Crippen molar-refractivity contribution in [2.75, 3.05) is 49.7 Å². The maximum absolute atomic E-state index is 12.6. The van der Waals surface area contributed by atoms with E-state index in [2.05, 4.69) is 5.32 Å². The maximum atomic E-state index is 12.6. The predicted octanol–water partition coefficient (Wildman–Crippen LogP) is 2.30. The highest BCUT2D eigenvalue weighted by Crippen LogP contribution is 2.24. The Kier molecular flexibility index (Phi) is 6.47. The molecule has 0 aliphatic carbocycles. The molecule has 0 spiro atoms. The fourth-order valence-corrected chi connectivity index (χ4v) is 3.67. The van der Waals surface area contributed by atoms with Gasteiger partial charge in [0.05, 0.1) is 13.2 Å². The first-order valence-electron chi connectivity index (χ1n) is 10.4. The van der Waals surface area contributed by atoms with E-state index in [1.807, 2.05) is 12.1 Å². The summed E-state index contributed by atoms with van der Waals surface area (Å²) in [6.07, 6.45) is 1.45. The topological polar surface area (TPSA) is 88.2 Å². The minimum atomic E-state index is -0.324. The Hall–Kier alpha value is -3.39. The summed E-state index contributed by atoms with van der Waals surface area (Å²) in [5.74, 6) is 0.270. The van der Waals surface area contributed by atoms with Crippen LogP contribution in [-0.2, 0) is 14.3 Å². The van der Waals surface area contributed by atoms with Crippen molar-refractivity contribution in [3.05, 3.63) is 54.1 Å². The van der Waals surface area contributed by atoms with Crippen LogP contribution in [0.25, 0.3) is 0 Å². The minimum Gasteiger partial charge on any atom is -0.484 e. The minimum absolute atomic E-state index is 0.0766. The van der Waals surface area contributed by atoms with Crippen LogP contribution in [0.15, 0.2) is 48.5 Å². The number of rotatable bonds is 6. The normalized spacial score (nSPS) is 16.3. The lowest BCUT2D eigenvalue weighted by molar-refractivity contribution is -0.118. The molecule has 2 aliphatic rings. The summed E-state index contributed by atoms with van der Waals surface area (Å²) in [5, 5.41) is 2.76. The zero-order valence-electron chi connectivity index (χ0n) is 17.2. The molecule has 2 fully saturated rings. The second-order valence-electron chi connectivity index (χ2n) is 7.47. The summed E-state index contributed by atoms with van der Waals surface area (Å²) in [6.45, 7) is 2.77. The van der Waals surface area contributed by atoms with Crippen molar-refractivity contribution in [1.82, 2.24) is 4.90 Å². The van der Waals surface area contributed by atoms with Gasteiger partial charge in [-0.25, -0.2) is 0 Å². The number of carbonyl (C=O) groups excluding carboxylic acids is 3. The molecule has 31 heavy (non-hydrogen) atoms. The quantitative estimate of drug-likeness (QED) is 0.770. The van der Waals surface area contributed by atoms with Gasteiger partial charge in [0.15, 0.2) is 6.61 Å². The fourth-order valence-electron chi connectivity index (χ4n) is 3.67. The second-order valence-corrected chi connectivity index (χ2v) is 7.47. The van der Waals surface area contributed by atoms with Gasteiger partial charge in [-0.3, -0.25) is 14.4 Å². The molecule has 8 heteroatoms. The van der Waals surface area contributed by atoms with Gasteiger partial charge in [0, 0.05) is 43.0 Å². The van der Waals surface area contributed by atoms with Crippen LogP contribution in [0.2, 0.25) is 0 Å². The van der Waals surface area contributed by atoms with Crippen molar-refractivity contribution in [2.45, 2.75) is 12.8 Å². The number of morpholine rings is 1. The van der Waals surface area contributed by atoms with Crippen LogP contribution in [0.1, 0.15) is 23.2 Å². The van der Waals surface area contributed by atoms with Crippen molar-refractivity contribution >= 4 is 29.1 Å². The van der Waals surface area contributed by atoms with Crippen LogP contribution in [0, 0.1) is 0 Å². The summed E-state index contributed by atoms with van der Waals surface area (Å²) < 4.78 is 10.8. The van der Waals surface area contributed by atoms with Gasteiger partial charge in [0.2, 0.25) is 5.91 Å². The molecule has 0 saturated carbocycles. The fraction of sp³-hybridized carbons (Fsp3) is 0.348. The molecule has 2 aromatic carbocycles. The molecule has 1 N–H and O–H groups in total.